The van der Waals surface area contributed by atoms with Crippen LogP contribution >= 0.6 is 0 Å². The van der Waals surface area contributed by atoms with E-state index in [2.05, 4.69) is 17.0 Å². The Kier molecular flexibility index (Phi) is 6.07. The summed E-state index contributed by atoms with van der Waals surface area (Å²) in [5.41, 5.74) is 3.86. The second-order valence-corrected chi connectivity index (χ2v) is 8.45. The average molecular weight is 384 g/mol. The molecule has 150 valence electrons. The van der Waals surface area contributed by atoms with Gasteiger partial charge in [-0.25, -0.2) is 5.48 Å². The number of benzene rings is 1. The van der Waals surface area contributed by atoms with Gasteiger partial charge in [0.15, 0.2) is 0 Å². The van der Waals surface area contributed by atoms with Crippen molar-refractivity contribution in [1.82, 2.24) is 5.48 Å². The lowest BCUT2D eigenvalue weighted by Gasteiger charge is -2.40. The van der Waals surface area contributed by atoms with E-state index in [0.29, 0.717) is 24.7 Å². The van der Waals surface area contributed by atoms with E-state index in [1.807, 2.05) is 38.1 Å². The van der Waals surface area contributed by atoms with Crippen molar-refractivity contribution < 1.29 is 19.9 Å². The Balaban J connectivity index is 1.51. The second-order valence-electron chi connectivity index (χ2n) is 8.45. The predicted molar refractivity (Wildman–Crippen MR) is 106 cm³/mol. The van der Waals surface area contributed by atoms with Gasteiger partial charge in [0.05, 0.1) is 11.3 Å². The van der Waals surface area contributed by atoms with Gasteiger partial charge in [0.2, 0.25) is 5.91 Å². The van der Waals surface area contributed by atoms with Gasteiger partial charge in [-0.15, -0.1) is 0 Å². The molecule has 1 fully saturated rings. The van der Waals surface area contributed by atoms with E-state index < -0.39 is 11.5 Å². The molecule has 2 unspecified atom stereocenters. The first-order valence-electron chi connectivity index (χ1n) is 9.77. The lowest BCUT2D eigenvalue weighted by molar-refractivity contribution is -0.134. The summed E-state index contributed by atoms with van der Waals surface area (Å²) in [4.78, 5) is 16.8. The van der Waals surface area contributed by atoms with Crippen LogP contribution in [0.1, 0.15) is 57.6 Å². The molecule has 1 heterocycles. The van der Waals surface area contributed by atoms with E-state index in [-0.39, 0.29) is 12.0 Å². The quantitative estimate of drug-likeness (QED) is 0.414. The number of carbonyl (C=O) groups excluding carboxylic acids is 1. The van der Waals surface area contributed by atoms with Crippen LogP contribution in [-0.2, 0) is 9.63 Å². The average Bonchev–Trinajstić information content (AvgIpc) is 3.07. The number of hydroxylamine groups is 1. The normalized spacial score (nSPS) is 24.9. The van der Waals surface area contributed by atoms with Gasteiger partial charge in [-0.1, -0.05) is 36.1 Å². The van der Waals surface area contributed by atoms with Gasteiger partial charge in [-0.2, -0.15) is 0 Å². The Hall–Kier alpha value is -2.36. The summed E-state index contributed by atoms with van der Waals surface area (Å²) in [7, 11) is 0. The molecular formula is C22H28N2O4. The maximum absolute atomic E-state index is 11.4. The lowest BCUT2D eigenvalue weighted by Crippen LogP contribution is -2.40. The van der Waals surface area contributed by atoms with Crippen molar-refractivity contribution >= 4 is 11.6 Å². The number of hydrogen-bond acceptors (Lipinski definition) is 5. The number of oxime groups is 1. The van der Waals surface area contributed by atoms with Gasteiger partial charge >= 0.3 is 0 Å². The summed E-state index contributed by atoms with van der Waals surface area (Å²) in [6, 6.07) is 7.93. The molecule has 0 aromatic heterocycles. The number of hydrogen-bond donors (Lipinski definition) is 3. The maximum atomic E-state index is 11.4. The second kappa shape index (κ2) is 8.34. The van der Waals surface area contributed by atoms with Crippen LogP contribution in [0.15, 0.2) is 29.4 Å². The summed E-state index contributed by atoms with van der Waals surface area (Å²) in [6.45, 7) is 5.47. The number of nitrogens with one attached hydrogen (secondary N) is 1. The summed E-state index contributed by atoms with van der Waals surface area (Å²) >= 11 is 0. The Morgan fingerprint density at radius 2 is 2.04 bits per heavy atom. The van der Waals surface area contributed by atoms with Gasteiger partial charge in [0, 0.05) is 23.8 Å². The van der Waals surface area contributed by atoms with Crippen LogP contribution in [0.2, 0.25) is 0 Å². The predicted octanol–water partition coefficient (Wildman–Crippen LogP) is 2.86. The fraction of sp³-hybridized carbons (Fsp3) is 0.545. The van der Waals surface area contributed by atoms with Gasteiger partial charge in [0.25, 0.3) is 0 Å². The van der Waals surface area contributed by atoms with E-state index in [1.54, 1.807) is 12.4 Å². The highest BCUT2D eigenvalue weighted by molar-refractivity contribution is 6.01. The molecule has 1 aliphatic heterocycles. The molecule has 0 radical (unpaired) electrons. The molecule has 0 spiro atoms. The molecule has 3 N–H and O–H groups in total. The molecule has 1 aromatic rings. The third-order valence-corrected chi connectivity index (χ3v) is 5.68. The highest BCUT2D eigenvalue weighted by Gasteiger charge is 2.37. The summed E-state index contributed by atoms with van der Waals surface area (Å²) in [6.07, 6.45) is 2.88. The molecule has 6 nitrogen and oxygen atoms in total. The fourth-order valence-corrected chi connectivity index (χ4v) is 3.58. The monoisotopic (exact) mass is 384 g/mol. The molecular weight excluding hydrogens is 356 g/mol. The van der Waals surface area contributed by atoms with Crippen LogP contribution in [0.25, 0.3) is 0 Å². The first-order chi connectivity index (χ1) is 13.3. The van der Waals surface area contributed by atoms with Crippen molar-refractivity contribution in [3.05, 3.63) is 35.4 Å². The topological polar surface area (TPSA) is 91.2 Å². The molecule has 0 bridgehead atoms. The van der Waals surface area contributed by atoms with Crippen LogP contribution in [0, 0.1) is 29.6 Å². The van der Waals surface area contributed by atoms with Crippen molar-refractivity contribution in [1.29, 1.82) is 0 Å². The van der Waals surface area contributed by atoms with Crippen LogP contribution in [0.3, 0.4) is 0 Å². The zero-order chi connectivity index (χ0) is 20.3. The molecule has 1 amide bonds. The maximum Gasteiger partial charge on any atom is 0.246 e. The molecule has 1 saturated carbocycles. The molecule has 0 saturated heterocycles. The minimum absolute atomic E-state index is 0.163. The number of carbonyl (C=O) groups is 1. The van der Waals surface area contributed by atoms with Gasteiger partial charge in [0.1, 0.15) is 6.10 Å². The molecule has 6 heteroatoms. The van der Waals surface area contributed by atoms with Crippen molar-refractivity contribution in [2.24, 2.45) is 22.9 Å². The smallest absolute Gasteiger partial charge is 0.246 e. The highest BCUT2D eigenvalue weighted by atomic mass is 16.6. The Morgan fingerprint density at radius 3 is 2.64 bits per heavy atom. The first kappa shape index (κ1) is 20.4. The van der Waals surface area contributed by atoms with E-state index in [9.17, 15) is 9.90 Å². The van der Waals surface area contributed by atoms with Crippen LogP contribution in [0.5, 0.6) is 0 Å². The zero-order valence-corrected chi connectivity index (χ0v) is 16.6. The summed E-state index contributed by atoms with van der Waals surface area (Å²) in [5, 5.41) is 22.8. The van der Waals surface area contributed by atoms with E-state index in [0.717, 1.165) is 29.7 Å². The zero-order valence-electron chi connectivity index (χ0n) is 16.6. The largest absolute Gasteiger partial charge is 0.392 e. The van der Waals surface area contributed by atoms with Crippen LogP contribution in [-0.4, -0.2) is 33.6 Å². The summed E-state index contributed by atoms with van der Waals surface area (Å²) < 4.78 is 0. The number of aliphatic hydroxyl groups is 1. The van der Waals surface area contributed by atoms with Gasteiger partial charge in [-0.3, -0.25) is 10.0 Å². The van der Waals surface area contributed by atoms with Crippen LogP contribution < -0.4 is 5.48 Å². The third kappa shape index (κ3) is 4.92. The summed E-state index contributed by atoms with van der Waals surface area (Å²) in [5.74, 6) is 6.46. The number of nitrogens with zero attached hydrogens (tertiary/aromatic N) is 1. The minimum atomic E-state index is -0.610. The van der Waals surface area contributed by atoms with Crippen molar-refractivity contribution in [2.75, 3.05) is 0 Å². The van der Waals surface area contributed by atoms with E-state index in [1.165, 1.54) is 0 Å². The van der Waals surface area contributed by atoms with Crippen molar-refractivity contribution in [2.45, 2.75) is 58.2 Å². The van der Waals surface area contributed by atoms with E-state index in [4.69, 9.17) is 10.0 Å². The molecule has 3 rings (SSSR count). The first-order valence-corrected chi connectivity index (χ1v) is 9.77. The number of rotatable bonds is 5. The lowest BCUT2D eigenvalue weighted by atomic mass is 9.68. The Morgan fingerprint density at radius 1 is 1.36 bits per heavy atom. The van der Waals surface area contributed by atoms with Crippen molar-refractivity contribution in [3.8, 4) is 11.8 Å². The minimum Gasteiger partial charge on any atom is -0.392 e. The fourth-order valence-electron chi connectivity index (χ4n) is 3.58. The molecule has 2 aliphatic rings. The molecule has 28 heavy (non-hydrogen) atoms. The molecule has 2 atom stereocenters. The standard InChI is InChI=1S/C22H28N2O4/c1-14(21(25)23-27)10-19-13-20(24-28-19)17-8-6-15(7-9-17)4-5-16-11-18(12-16)22(2,3)26/h6-9,14,16,18-19,26-27H,10-13H2,1-3H3,(H,23,25). The van der Waals surface area contributed by atoms with Crippen LogP contribution in [0.4, 0.5) is 0 Å². The van der Waals surface area contributed by atoms with Gasteiger partial charge < -0.3 is 9.94 Å². The highest BCUT2D eigenvalue weighted by Crippen LogP contribution is 2.40. The van der Waals surface area contributed by atoms with E-state index >= 15 is 0 Å². The molecule has 1 aliphatic carbocycles. The van der Waals surface area contributed by atoms with Gasteiger partial charge in [-0.05, 0) is 56.7 Å². The molecule has 1 aromatic carbocycles. The Labute approximate surface area is 165 Å². The number of amides is 1. The Bertz CT molecular complexity index is 793. The SMILES string of the molecule is CC(CC1CC(c2ccc(C#CC3CC(C(C)(C)O)C3)cc2)=NO1)C(=O)NO. The van der Waals surface area contributed by atoms with Crippen molar-refractivity contribution in [3.63, 3.8) is 0 Å². The third-order valence-electron chi connectivity index (χ3n) is 5.68.